The second-order valence-corrected chi connectivity index (χ2v) is 6.78. The number of fused-ring (bicyclic) bond motifs is 1. The second kappa shape index (κ2) is 7.42. The first-order chi connectivity index (χ1) is 11.9. The fraction of sp³-hybridized carbons (Fsp3) is 0.316. The molecule has 2 aromatic rings. The number of nitrogens with zero attached hydrogens (tertiary/aromatic N) is 1. The number of halogens is 2. The van der Waals surface area contributed by atoms with E-state index in [9.17, 15) is 9.18 Å². The number of ether oxygens (including phenoxy) is 1. The molecule has 6 heteroatoms. The summed E-state index contributed by atoms with van der Waals surface area (Å²) in [7, 11) is 3.84. The molecule has 1 aliphatic rings. The molecule has 0 saturated heterocycles. The summed E-state index contributed by atoms with van der Waals surface area (Å²) in [6.07, 6.45) is -0.0465. The van der Waals surface area contributed by atoms with E-state index in [1.165, 1.54) is 12.1 Å². The van der Waals surface area contributed by atoms with Crippen molar-refractivity contribution in [2.45, 2.75) is 18.6 Å². The van der Waals surface area contributed by atoms with E-state index in [0.717, 1.165) is 11.1 Å². The van der Waals surface area contributed by atoms with Crippen molar-refractivity contribution < 1.29 is 13.9 Å². The number of hydrogen-bond donors (Lipinski definition) is 1. The minimum Gasteiger partial charge on any atom is -0.480 e. The van der Waals surface area contributed by atoms with Crippen molar-refractivity contribution in [1.82, 2.24) is 10.2 Å². The molecule has 1 N–H and O–H groups in total. The highest BCUT2D eigenvalue weighted by atomic mass is 35.5. The van der Waals surface area contributed by atoms with Gasteiger partial charge in [-0.1, -0.05) is 23.7 Å². The number of carbonyl (C=O) groups is 1. The summed E-state index contributed by atoms with van der Waals surface area (Å²) in [6.45, 7) is 0.411. The van der Waals surface area contributed by atoms with E-state index in [0.29, 0.717) is 23.7 Å². The maximum Gasteiger partial charge on any atom is 0.261 e. The monoisotopic (exact) mass is 362 g/mol. The molecule has 0 unspecified atom stereocenters. The van der Waals surface area contributed by atoms with Crippen molar-refractivity contribution >= 4 is 17.5 Å². The normalized spacial score (nSPS) is 17.1. The van der Waals surface area contributed by atoms with E-state index in [4.69, 9.17) is 16.3 Å². The highest BCUT2D eigenvalue weighted by Crippen LogP contribution is 2.31. The van der Waals surface area contributed by atoms with Crippen LogP contribution in [0.3, 0.4) is 0 Å². The van der Waals surface area contributed by atoms with E-state index in [1.54, 1.807) is 24.3 Å². The van der Waals surface area contributed by atoms with Gasteiger partial charge in [0.1, 0.15) is 11.6 Å². The van der Waals surface area contributed by atoms with Crippen LogP contribution >= 0.6 is 11.6 Å². The van der Waals surface area contributed by atoms with Crippen molar-refractivity contribution in [1.29, 1.82) is 0 Å². The molecule has 0 aromatic heterocycles. The van der Waals surface area contributed by atoms with E-state index in [1.807, 2.05) is 25.1 Å². The Hall–Kier alpha value is -2.11. The lowest BCUT2D eigenvalue weighted by Gasteiger charge is -2.25. The summed E-state index contributed by atoms with van der Waals surface area (Å²) in [5.41, 5.74) is 1.88. The average Bonchev–Trinajstić information content (AvgIpc) is 2.99. The molecule has 4 nitrogen and oxygen atoms in total. The van der Waals surface area contributed by atoms with Crippen molar-refractivity contribution in [2.24, 2.45) is 0 Å². The predicted molar refractivity (Wildman–Crippen MR) is 95.4 cm³/mol. The predicted octanol–water partition coefficient (Wildman–Crippen LogP) is 3.20. The minimum atomic E-state index is -0.551. The molecule has 1 aliphatic heterocycles. The van der Waals surface area contributed by atoms with Crippen LogP contribution in [0.1, 0.15) is 17.2 Å². The molecule has 0 saturated carbocycles. The van der Waals surface area contributed by atoms with Crippen LogP contribution in [0.2, 0.25) is 5.02 Å². The van der Waals surface area contributed by atoms with Gasteiger partial charge in [-0.25, -0.2) is 4.39 Å². The van der Waals surface area contributed by atoms with Gasteiger partial charge in [-0.05, 0) is 55.6 Å². The third-order valence-electron chi connectivity index (χ3n) is 4.34. The summed E-state index contributed by atoms with van der Waals surface area (Å²) in [6, 6.07) is 11.6. The summed E-state index contributed by atoms with van der Waals surface area (Å²) < 4.78 is 18.8. The summed E-state index contributed by atoms with van der Waals surface area (Å²) in [5, 5.41) is 3.57. The Morgan fingerprint density at radius 3 is 2.72 bits per heavy atom. The third-order valence-corrected chi connectivity index (χ3v) is 4.57. The average molecular weight is 363 g/mol. The van der Waals surface area contributed by atoms with Crippen molar-refractivity contribution in [3.8, 4) is 5.75 Å². The lowest BCUT2D eigenvalue weighted by molar-refractivity contribution is -0.127. The van der Waals surface area contributed by atoms with Gasteiger partial charge in [-0.15, -0.1) is 0 Å². The summed E-state index contributed by atoms with van der Waals surface area (Å²) in [5.74, 6) is 0.259. The second-order valence-electron chi connectivity index (χ2n) is 6.34. The Bertz CT molecular complexity index is 765. The van der Waals surface area contributed by atoms with Crippen molar-refractivity contribution in [3.05, 3.63) is 64.4 Å². The Morgan fingerprint density at radius 1 is 1.32 bits per heavy atom. The number of rotatable bonds is 5. The standard InChI is InChI=1S/C19H20ClFN2O2/c1-23(2)16(12-3-6-15(21)7-4-12)11-22-19(24)18-10-13-9-14(20)5-8-17(13)25-18/h3-9,16,18H,10-11H2,1-2H3,(H,22,24)/t16-,18+/m0/s1. The topological polar surface area (TPSA) is 41.6 Å². The number of hydrogen-bond acceptors (Lipinski definition) is 3. The largest absolute Gasteiger partial charge is 0.480 e. The van der Waals surface area contributed by atoms with Crippen LogP contribution in [0.5, 0.6) is 5.75 Å². The van der Waals surface area contributed by atoms with Crippen molar-refractivity contribution in [2.75, 3.05) is 20.6 Å². The van der Waals surface area contributed by atoms with Gasteiger partial charge in [0.25, 0.3) is 5.91 Å². The van der Waals surface area contributed by atoms with Gasteiger partial charge in [0, 0.05) is 18.0 Å². The van der Waals surface area contributed by atoms with Gasteiger partial charge >= 0.3 is 0 Å². The Balaban J connectivity index is 1.62. The fourth-order valence-corrected chi connectivity index (χ4v) is 3.15. The summed E-state index contributed by atoms with van der Waals surface area (Å²) >= 11 is 5.98. The molecule has 0 aliphatic carbocycles. The van der Waals surface area contributed by atoms with Crippen LogP contribution in [0.4, 0.5) is 4.39 Å². The van der Waals surface area contributed by atoms with Crippen LogP contribution in [0, 0.1) is 5.82 Å². The Kier molecular flexibility index (Phi) is 5.25. The number of carbonyl (C=O) groups excluding carboxylic acids is 1. The molecule has 0 fully saturated rings. The van der Waals surface area contributed by atoms with E-state index < -0.39 is 6.10 Å². The first kappa shape index (κ1) is 17.7. The molecule has 25 heavy (non-hydrogen) atoms. The van der Waals surface area contributed by atoms with Crippen molar-refractivity contribution in [3.63, 3.8) is 0 Å². The zero-order chi connectivity index (χ0) is 18.0. The lowest BCUT2D eigenvalue weighted by Crippen LogP contribution is -2.41. The van der Waals surface area contributed by atoms with Gasteiger partial charge in [0.15, 0.2) is 6.10 Å². The number of benzene rings is 2. The fourth-order valence-electron chi connectivity index (χ4n) is 2.96. The van der Waals surface area contributed by atoms with E-state index in [-0.39, 0.29) is 17.8 Å². The van der Waals surface area contributed by atoms with Gasteiger partial charge < -0.3 is 15.0 Å². The third kappa shape index (κ3) is 4.11. The first-order valence-electron chi connectivity index (χ1n) is 8.08. The lowest BCUT2D eigenvalue weighted by atomic mass is 10.1. The number of likely N-dealkylation sites (N-methyl/N-ethyl adjacent to an activating group) is 1. The minimum absolute atomic E-state index is 0.0530. The molecule has 0 spiro atoms. The first-order valence-corrected chi connectivity index (χ1v) is 8.46. The number of amides is 1. The van der Waals surface area contributed by atoms with Crippen LogP contribution in [0.25, 0.3) is 0 Å². The molecule has 3 rings (SSSR count). The van der Waals surface area contributed by atoms with E-state index in [2.05, 4.69) is 5.32 Å². The van der Waals surface area contributed by atoms with Crippen LogP contribution in [-0.2, 0) is 11.2 Å². The molecule has 2 atom stereocenters. The van der Waals surface area contributed by atoms with Crippen LogP contribution in [0.15, 0.2) is 42.5 Å². The summed E-state index contributed by atoms with van der Waals surface area (Å²) in [4.78, 5) is 14.4. The highest BCUT2D eigenvalue weighted by Gasteiger charge is 2.29. The van der Waals surface area contributed by atoms with Crippen LogP contribution < -0.4 is 10.1 Å². The van der Waals surface area contributed by atoms with Crippen LogP contribution in [-0.4, -0.2) is 37.6 Å². The van der Waals surface area contributed by atoms with E-state index >= 15 is 0 Å². The number of nitrogens with one attached hydrogen (secondary N) is 1. The van der Waals surface area contributed by atoms with Gasteiger partial charge in [0.05, 0.1) is 6.04 Å². The maximum absolute atomic E-state index is 13.1. The Morgan fingerprint density at radius 2 is 2.04 bits per heavy atom. The Labute approximate surface area is 151 Å². The van der Waals surface area contributed by atoms with Gasteiger partial charge in [-0.2, -0.15) is 0 Å². The van der Waals surface area contributed by atoms with Gasteiger partial charge in [-0.3, -0.25) is 4.79 Å². The molecule has 0 radical (unpaired) electrons. The molecule has 1 heterocycles. The molecule has 1 amide bonds. The molecular formula is C19H20ClFN2O2. The zero-order valence-electron chi connectivity index (χ0n) is 14.1. The molecule has 132 valence electrons. The zero-order valence-corrected chi connectivity index (χ0v) is 14.9. The highest BCUT2D eigenvalue weighted by molar-refractivity contribution is 6.30. The smallest absolute Gasteiger partial charge is 0.261 e. The molecule has 2 aromatic carbocycles. The molecular weight excluding hydrogens is 343 g/mol. The quantitative estimate of drug-likeness (QED) is 0.888. The van der Waals surface area contributed by atoms with Gasteiger partial charge in [0.2, 0.25) is 0 Å². The maximum atomic E-state index is 13.1. The SMILES string of the molecule is CN(C)[C@@H](CNC(=O)[C@H]1Cc2cc(Cl)ccc2O1)c1ccc(F)cc1. The molecule has 0 bridgehead atoms.